The van der Waals surface area contributed by atoms with E-state index in [4.69, 9.17) is 14.2 Å². The fourth-order valence-corrected chi connectivity index (χ4v) is 2.89. The Labute approximate surface area is 115 Å². The van der Waals surface area contributed by atoms with Gasteiger partial charge in [0.15, 0.2) is 11.5 Å². The Morgan fingerprint density at radius 3 is 3.11 bits per heavy atom. The first-order valence-electron chi connectivity index (χ1n) is 6.19. The fraction of sp³-hybridized carbons (Fsp3) is 0.538. The van der Waals surface area contributed by atoms with Crippen LogP contribution in [0.5, 0.6) is 11.5 Å². The van der Waals surface area contributed by atoms with Crippen LogP contribution < -0.4 is 14.8 Å². The number of nitrogens with one attached hydrogen (secondary N) is 1. The number of benzene rings is 1. The van der Waals surface area contributed by atoms with Crippen molar-refractivity contribution in [1.29, 1.82) is 0 Å². The van der Waals surface area contributed by atoms with E-state index in [1.807, 2.05) is 6.07 Å². The van der Waals surface area contributed by atoms with Gasteiger partial charge in [-0.1, -0.05) is 0 Å². The summed E-state index contributed by atoms with van der Waals surface area (Å²) in [5.41, 5.74) is 1.20. The zero-order chi connectivity index (χ0) is 12.4. The molecule has 3 rings (SSSR count). The molecule has 2 aliphatic heterocycles. The van der Waals surface area contributed by atoms with Gasteiger partial charge in [0.2, 0.25) is 6.79 Å². The molecule has 0 spiro atoms. The first-order valence-corrected chi connectivity index (χ1v) is 6.99. The number of hydrogen-bond acceptors (Lipinski definition) is 4. The standard InChI is InChI=1S/C13H16BrNO3/c14-11-3-10(4-12-13(11)18-8-17-12)6-15-5-9-1-2-16-7-9/h3-4,9,15H,1-2,5-8H2. The SMILES string of the molecule is Brc1cc(CNCC2CCOC2)cc2c1OCO2. The maximum Gasteiger partial charge on any atom is 0.231 e. The van der Waals surface area contributed by atoms with Gasteiger partial charge in [-0.2, -0.15) is 0 Å². The van der Waals surface area contributed by atoms with Crippen LogP contribution in [0.4, 0.5) is 0 Å². The van der Waals surface area contributed by atoms with E-state index in [1.54, 1.807) is 0 Å². The minimum Gasteiger partial charge on any atom is -0.454 e. The van der Waals surface area contributed by atoms with Gasteiger partial charge in [-0.25, -0.2) is 0 Å². The molecule has 4 nitrogen and oxygen atoms in total. The Hall–Kier alpha value is -0.780. The highest BCUT2D eigenvalue weighted by Crippen LogP contribution is 2.39. The molecule has 0 aliphatic carbocycles. The molecule has 1 aromatic rings. The zero-order valence-corrected chi connectivity index (χ0v) is 11.7. The van der Waals surface area contributed by atoms with E-state index < -0.39 is 0 Å². The summed E-state index contributed by atoms with van der Waals surface area (Å²) in [5, 5.41) is 3.46. The number of hydrogen-bond donors (Lipinski definition) is 1. The number of halogens is 1. The van der Waals surface area contributed by atoms with Crippen LogP contribution in [-0.4, -0.2) is 26.6 Å². The maximum atomic E-state index is 5.40. The molecule has 1 atom stereocenters. The van der Waals surface area contributed by atoms with Crippen molar-refractivity contribution in [2.45, 2.75) is 13.0 Å². The van der Waals surface area contributed by atoms with Crippen LogP contribution in [0.15, 0.2) is 16.6 Å². The molecule has 98 valence electrons. The lowest BCUT2D eigenvalue weighted by Crippen LogP contribution is -2.22. The smallest absolute Gasteiger partial charge is 0.231 e. The molecule has 0 bridgehead atoms. The van der Waals surface area contributed by atoms with Crippen molar-refractivity contribution in [2.24, 2.45) is 5.92 Å². The normalized spacial score (nSPS) is 21.5. The van der Waals surface area contributed by atoms with E-state index in [-0.39, 0.29) is 0 Å². The monoisotopic (exact) mass is 313 g/mol. The van der Waals surface area contributed by atoms with Gasteiger partial charge in [0.05, 0.1) is 11.1 Å². The van der Waals surface area contributed by atoms with Gasteiger partial charge in [0.25, 0.3) is 0 Å². The zero-order valence-electron chi connectivity index (χ0n) is 10.1. The molecule has 1 fully saturated rings. The summed E-state index contributed by atoms with van der Waals surface area (Å²) < 4.78 is 17.1. The fourth-order valence-electron chi connectivity index (χ4n) is 2.29. The van der Waals surface area contributed by atoms with Crippen LogP contribution >= 0.6 is 15.9 Å². The van der Waals surface area contributed by atoms with Crippen LogP contribution in [0.25, 0.3) is 0 Å². The third-order valence-corrected chi connectivity index (χ3v) is 3.86. The predicted octanol–water partition coefficient (Wildman–Crippen LogP) is 2.30. The molecule has 1 N–H and O–H groups in total. The minimum atomic E-state index is 0.310. The highest BCUT2D eigenvalue weighted by Gasteiger charge is 2.18. The van der Waals surface area contributed by atoms with Gasteiger partial charge in [-0.15, -0.1) is 0 Å². The van der Waals surface area contributed by atoms with Crippen LogP contribution in [0.1, 0.15) is 12.0 Å². The molecule has 1 unspecified atom stereocenters. The van der Waals surface area contributed by atoms with E-state index in [9.17, 15) is 0 Å². The Bertz CT molecular complexity index is 432. The van der Waals surface area contributed by atoms with Crippen molar-refractivity contribution in [2.75, 3.05) is 26.6 Å². The lowest BCUT2D eigenvalue weighted by molar-refractivity contribution is 0.173. The van der Waals surface area contributed by atoms with Crippen LogP contribution in [-0.2, 0) is 11.3 Å². The van der Waals surface area contributed by atoms with Crippen molar-refractivity contribution < 1.29 is 14.2 Å². The van der Waals surface area contributed by atoms with E-state index >= 15 is 0 Å². The molecule has 0 radical (unpaired) electrons. The van der Waals surface area contributed by atoms with Crippen LogP contribution in [0, 0.1) is 5.92 Å². The summed E-state index contributed by atoms with van der Waals surface area (Å²) in [5.74, 6) is 2.29. The van der Waals surface area contributed by atoms with Crippen molar-refractivity contribution in [3.8, 4) is 11.5 Å². The van der Waals surface area contributed by atoms with Crippen molar-refractivity contribution >= 4 is 15.9 Å². The van der Waals surface area contributed by atoms with Gasteiger partial charge in [0.1, 0.15) is 0 Å². The molecule has 2 heterocycles. The Balaban J connectivity index is 1.57. The molecule has 5 heteroatoms. The highest BCUT2D eigenvalue weighted by molar-refractivity contribution is 9.10. The largest absolute Gasteiger partial charge is 0.454 e. The average molecular weight is 314 g/mol. The summed E-state index contributed by atoms with van der Waals surface area (Å²) in [6.45, 7) is 3.95. The van der Waals surface area contributed by atoms with Gasteiger partial charge >= 0.3 is 0 Å². The third-order valence-electron chi connectivity index (χ3n) is 3.27. The summed E-state index contributed by atoms with van der Waals surface area (Å²) in [7, 11) is 0. The summed E-state index contributed by atoms with van der Waals surface area (Å²) in [4.78, 5) is 0. The minimum absolute atomic E-state index is 0.310. The van der Waals surface area contributed by atoms with Gasteiger partial charge in [0, 0.05) is 19.7 Å². The molecule has 0 saturated carbocycles. The first kappa shape index (κ1) is 12.3. The quantitative estimate of drug-likeness (QED) is 0.926. The van der Waals surface area contributed by atoms with E-state index in [0.29, 0.717) is 12.7 Å². The molecule has 18 heavy (non-hydrogen) atoms. The predicted molar refractivity (Wildman–Crippen MR) is 70.9 cm³/mol. The van der Waals surface area contributed by atoms with Gasteiger partial charge in [-0.3, -0.25) is 0 Å². The van der Waals surface area contributed by atoms with Gasteiger partial charge < -0.3 is 19.5 Å². The Morgan fingerprint density at radius 1 is 1.33 bits per heavy atom. The molecule has 1 aromatic carbocycles. The maximum absolute atomic E-state index is 5.40. The average Bonchev–Trinajstić information content (AvgIpc) is 2.99. The second kappa shape index (κ2) is 5.47. The Morgan fingerprint density at radius 2 is 2.28 bits per heavy atom. The lowest BCUT2D eigenvalue weighted by Gasteiger charge is -2.10. The molecule has 2 aliphatic rings. The molecule has 1 saturated heterocycles. The Kier molecular flexibility index (Phi) is 3.72. The van der Waals surface area contributed by atoms with Crippen LogP contribution in [0.3, 0.4) is 0 Å². The van der Waals surface area contributed by atoms with E-state index in [0.717, 1.165) is 48.7 Å². The molecule has 0 amide bonds. The molecular weight excluding hydrogens is 298 g/mol. The molecule has 0 aromatic heterocycles. The topological polar surface area (TPSA) is 39.7 Å². The van der Waals surface area contributed by atoms with Crippen molar-refractivity contribution in [3.05, 3.63) is 22.2 Å². The first-order chi connectivity index (χ1) is 8.83. The highest BCUT2D eigenvalue weighted by atomic mass is 79.9. The summed E-state index contributed by atoms with van der Waals surface area (Å²) in [6.07, 6.45) is 1.16. The summed E-state index contributed by atoms with van der Waals surface area (Å²) in [6, 6.07) is 4.11. The number of ether oxygens (including phenoxy) is 3. The number of fused-ring (bicyclic) bond motifs is 1. The van der Waals surface area contributed by atoms with E-state index in [2.05, 4.69) is 27.3 Å². The summed E-state index contributed by atoms with van der Waals surface area (Å²) >= 11 is 3.50. The lowest BCUT2D eigenvalue weighted by atomic mass is 10.1. The second-order valence-electron chi connectivity index (χ2n) is 4.67. The van der Waals surface area contributed by atoms with E-state index in [1.165, 1.54) is 5.56 Å². The number of rotatable bonds is 4. The van der Waals surface area contributed by atoms with Crippen LogP contribution in [0.2, 0.25) is 0 Å². The van der Waals surface area contributed by atoms with Crippen molar-refractivity contribution in [3.63, 3.8) is 0 Å². The second-order valence-corrected chi connectivity index (χ2v) is 5.53. The van der Waals surface area contributed by atoms with Crippen molar-refractivity contribution in [1.82, 2.24) is 5.32 Å². The van der Waals surface area contributed by atoms with Gasteiger partial charge in [-0.05, 0) is 46.0 Å². The third kappa shape index (κ3) is 2.63. The molecular formula is C13H16BrNO3.